The highest BCUT2D eigenvalue weighted by atomic mass is 19.1. The van der Waals surface area contributed by atoms with Gasteiger partial charge in [0.25, 0.3) is 0 Å². The Balaban J connectivity index is 2.23. The van der Waals surface area contributed by atoms with Crippen LogP contribution in [0.1, 0.15) is 37.3 Å². The van der Waals surface area contributed by atoms with Crippen LogP contribution in [0.25, 0.3) is 10.9 Å². The monoisotopic (exact) mass is 261 g/mol. The number of hydrogen-bond donors (Lipinski definition) is 1. The van der Waals surface area contributed by atoms with Crippen LogP contribution in [0.4, 0.5) is 4.39 Å². The van der Waals surface area contributed by atoms with E-state index in [0.717, 1.165) is 18.5 Å². The molecule has 19 heavy (non-hydrogen) atoms. The van der Waals surface area contributed by atoms with Gasteiger partial charge in [-0.2, -0.15) is 0 Å². The molecule has 0 atom stereocenters. The number of aromatic nitrogens is 1. The molecular weight excluding hydrogens is 245 g/mol. The predicted octanol–water partition coefficient (Wildman–Crippen LogP) is 3.33. The molecule has 3 nitrogen and oxygen atoms in total. The lowest BCUT2D eigenvalue weighted by molar-refractivity contribution is 0.415. The van der Waals surface area contributed by atoms with Crippen LogP contribution in [0.3, 0.4) is 0 Å². The lowest BCUT2D eigenvalue weighted by Gasteiger charge is -2.12. The highest BCUT2D eigenvalue weighted by Gasteiger charge is 2.19. The van der Waals surface area contributed by atoms with Crippen molar-refractivity contribution in [2.24, 2.45) is 0 Å². The molecule has 100 valence electrons. The Morgan fingerprint density at radius 3 is 2.68 bits per heavy atom. The summed E-state index contributed by atoms with van der Waals surface area (Å²) in [4.78, 5) is 15.4. The predicted molar refractivity (Wildman–Crippen MR) is 72.3 cm³/mol. The molecule has 0 unspecified atom stereocenters. The fraction of sp³-hybridized carbons (Fsp3) is 0.400. The van der Waals surface area contributed by atoms with Crippen LogP contribution in [-0.2, 0) is 0 Å². The van der Waals surface area contributed by atoms with E-state index in [2.05, 4.69) is 4.98 Å². The van der Waals surface area contributed by atoms with E-state index < -0.39 is 5.82 Å². The molecule has 1 heterocycles. The second kappa shape index (κ2) is 4.68. The van der Waals surface area contributed by atoms with Crippen molar-refractivity contribution in [3.63, 3.8) is 0 Å². The average Bonchev–Trinajstić information content (AvgIpc) is 2.92. The molecule has 1 N–H and O–H groups in total. The van der Waals surface area contributed by atoms with Crippen molar-refractivity contribution in [2.45, 2.75) is 31.6 Å². The van der Waals surface area contributed by atoms with Gasteiger partial charge in [-0.15, -0.1) is 0 Å². The van der Waals surface area contributed by atoms with Gasteiger partial charge in [0.15, 0.2) is 5.43 Å². The number of H-pyrrole nitrogens is 1. The number of rotatable bonds is 2. The minimum Gasteiger partial charge on any atom is -0.494 e. The Bertz CT molecular complexity index is 672. The maximum Gasteiger partial charge on any atom is 0.189 e. The Morgan fingerprint density at radius 2 is 2.00 bits per heavy atom. The van der Waals surface area contributed by atoms with Crippen LogP contribution < -0.4 is 10.2 Å². The molecule has 0 aliphatic heterocycles. The van der Waals surface area contributed by atoms with E-state index >= 15 is 0 Å². The van der Waals surface area contributed by atoms with E-state index in [4.69, 9.17) is 4.74 Å². The van der Waals surface area contributed by atoms with E-state index in [1.165, 1.54) is 32.1 Å². The van der Waals surface area contributed by atoms with Crippen LogP contribution in [0.2, 0.25) is 0 Å². The van der Waals surface area contributed by atoms with Crippen molar-refractivity contribution in [2.75, 3.05) is 7.11 Å². The molecule has 1 fully saturated rings. The average molecular weight is 261 g/mol. The van der Waals surface area contributed by atoms with Crippen molar-refractivity contribution in [3.8, 4) is 5.75 Å². The minimum atomic E-state index is -0.455. The van der Waals surface area contributed by atoms with Gasteiger partial charge in [0.2, 0.25) is 0 Å². The van der Waals surface area contributed by atoms with Gasteiger partial charge in [-0.25, -0.2) is 4.39 Å². The maximum atomic E-state index is 13.4. The van der Waals surface area contributed by atoms with Crippen LogP contribution >= 0.6 is 0 Å². The SMILES string of the molecule is COc1cc(F)cc2c(=O)cc(C3CCCC3)[nH]c12. The summed E-state index contributed by atoms with van der Waals surface area (Å²) in [7, 11) is 1.48. The van der Waals surface area contributed by atoms with E-state index in [1.807, 2.05) is 0 Å². The van der Waals surface area contributed by atoms with Crippen LogP contribution in [0.5, 0.6) is 5.75 Å². The summed E-state index contributed by atoms with van der Waals surface area (Å²) in [5.41, 5.74) is 1.40. The molecule has 0 amide bonds. The first-order valence-corrected chi connectivity index (χ1v) is 6.59. The maximum absolute atomic E-state index is 13.4. The van der Waals surface area contributed by atoms with Gasteiger partial charge in [0, 0.05) is 17.8 Å². The quantitative estimate of drug-likeness (QED) is 0.901. The normalized spacial score (nSPS) is 16.1. The second-order valence-electron chi connectivity index (χ2n) is 5.10. The summed E-state index contributed by atoms with van der Waals surface area (Å²) in [5.74, 6) is 0.335. The van der Waals surface area contributed by atoms with Crippen molar-refractivity contribution in [3.05, 3.63) is 39.9 Å². The van der Waals surface area contributed by atoms with Crippen LogP contribution in [-0.4, -0.2) is 12.1 Å². The molecular formula is C15H16FNO2. The summed E-state index contributed by atoms with van der Waals surface area (Å²) in [6.45, 7) is 0. The highest BCUT2D eigenvalue weighted by molar-refractivity contribution is 5.84. The van der Waals surface area contributed by atoms with Crippen LogP contribution in [0.15, 0.2) is 23.0 Å². The Morgan fingerprint density at radius 1 is 1.26 bits per heavy atom. The minimum absolute atomic E-state index is 0.145. The Kier molecular flexibility index (Phi) is 3.01. The number of methoxy groups -OCH3 is 1. The Hall–Kier alpha value is -1.84. The van der Waals surface area contributed by atoms with Crippen molar-refractivity contribution < 1.29 is 9.13 Å². The zero-order valence-electron chi connectivity index (χ0n) is 10.8. The number of benzene rings is 1. The number of aromatic amines is 1. The number of hydrogen-bond acceptors (Lipinski definition) is 2. The van der Waals surface area contributed by atoms with Gasteiger partial charge in [-0.1, -0.05) is 12.8 Å². The lowest BCUT2D eigenvalue weighted by Crippen LogP contribution is -2.08. The molecule has 1 aromatic carbocycles. The van der Waals surface area contributed by atoms with Gasteiger partial charge in [0.05, 0.1) is 18.0 Å². The first-order valence-electron chi connectivity index (χ1n) is 6.59. The van der Waals surface area contributed by atoms with Crippen molar-refractivity contribution >= 4 is 10.9 Å². The van der Waals surface area contributed by atoms with Gasteiger partial charge >= 0.3 is 0 Å². The highest BCUT2D eigenvalue weighted by Crippen LogP contribution is 2.34. The van der Waals surface area contributed by atoms with Crippen molar-refractivity contribution in [1.29, 1.82) is 0 Å². The summed E-state index contributed by atoms with van der Waals surface area (Å²) >= 11 is 0. The third-order valence-electron chi connectivity index (χ3n) is 3.90. The molecule has 2 aromatic rings. The molecule has 0 spiro atoms. The van der Waals surface area contributed by atoms with Crippen molar-refractivity contribution in [1.82, 2.24) is 4.98 Å². The van der Waals surface area contributed by atoms with Crippen LogP contribution in [0, 0.1) is 5.82 Å². The molecule has 0 bridgehead atoms. The molecule has 3 rings (SSSR count). The first-order chi connectivity index (χ1) is 9.19. The zero-order valence-corrected chi connectivity index (χ0v) is 10.8. The van der Waals surface area contributed by atoms with Gasteiger partial charge in [0.1, 0.15) is 11.6 Å². The third-order valence-corrected chi connectivity index (χ3v) is 3.90. The number of ether oxygens (including phenoxy) is 1. The number of halogens is 1. The largest absolute Gasteiger partial charge is 0.494 e. The molecule has 1 aliphatic carbocycles. The topological polar surface area (TPSA) is 42.1 Å². The first kappa shape index (κ1) is 12.2. The molecule has 1 aromatic heterocycles. The summed E-state index contributed by atoms with van der Waals surface area (Å²) in [6, 6.07) is 4.17. The number of nitrogens with one attached hydrogen (secondary N) is 1. The standard InChI is InChI=1S/C15H16FNO2/c1-19-14-7-10(16)6-11-13(18)8-12(17-15(11)14)9-4-2-3-5-9/h6-9H,2-5H2,1H3,(H,17,18). The smallest absolute Gasteiger partial charge is 0.189 e. The summed E-state index contributed by atoms with van der Waals surface area (Å²) in [6.07, 6.45) is 4.60. The van der Waals surface area contributed by atoms with E-state index in [-0.39, 0.29) is 5.43 Å². The fourth-order valence-electron chi connectivity index (χ4n) is 2.92. The molecule has 0 saturated heterocycles. The third kappa shape index (κ3) is 2.11. The van der Waals surface area contributed by atoms with Gasteiger partial charge < -0.3 is 9.72 Å². The lowest BCUT2D eigenvalue weighted by atomic mass is 10.0. The summed E-state index contributed by atoms with van der Waals surface area (Å²) < 4.78 is 18.6. The van der Waals surface area contributed by atoms with E-state index in [0.29, 0.717) is 22.6 Å². The van der Waals surface area contributed by atoms with Gasteiger partial charge in [-0.05, 0) is 24.8 Å². The summed E-state index contributed by atoms with van der Waals surface area (Å²) in [5, 5.41) is 0.346. The van der Waals surface area contributed by atoms with E-state index in [9.17, 15) is 9.18 Å². The molecule has 4 heteroatoms. The molecule has 1 saturated carbocycles. The van der Waals surface area contributed by atoms with Gasteiger partial charge in [-0.3, -0.25) is 4.79 Å². The number of pyridine rings is 1. The molecule has 1 aliphatic rings. The fourth-order valence-corrected chi connectivity index (χ4v) is 2.92. The van der Waals surface area contributed by atoms with E-state index in [1.54, 1.807) is 6.07 Å². The second-order valence-corrected chi connectivity index (χ2v) is 5.10. The Labute approximate surface area is 110 Å². The molecule has 0 radical (unpaired) electrons. The number of fused-ring (bicyclic) bond motifs is 1. The zero-order chi connectivity index (χ0) is 13.4.